The molecule has 4 rings (SSSR count). The second-order valence-corrected chi connectivity index (χ2v) is 9.45. The predicted octanol–water partition coefficient (Wildman–Crippen LogP) is 2.84. The molecule has 0 unspecified atom stereocenters. The third kappa shape index (κ3) is 4.15. The van der Waals surface area contributed by atoms with Crippen LogP contribution in [0.1, 0.15) is 24.8 Å². The van der Waals surface area contributed by atoms with Crippen LogP contribution in [0, 0.1) is 0 Å². The number of anilines is 1. The largest absolute Gasteiger partial charge is 0.497 e. The van der Waals surface area contributed by atoms with Crippen LogP contribution in [0.15, 0.2) is 47.4 Å². The third-order valence-corrected chi connectivity index (χ3v) is 7.52. The van der Waals surface area contributed by atoms with Gasteiger partial charge in [0.05, 0.1) is 12.0 Å². The Hall–Kier alpha value is -2.58. The van der Waals surface area contributed by atoms with Gasteiger partial charge in [-0.3, -0.25) is 4.79 Å². The molecule has 1 saturated heterocycles. The summed E-state index contributed by atoms with van der Waals surface area (Å²) in [5, 5.41) is 0. The van der Waals surface area contributed by atoms with Crippen molar-refractivity contribution in [3.05, 3.63) is 48.0 Å². The summed E-state index contributed by atoms with van der Waals surface area (Å²) >= 11 is 0. The summed E-state index contributed by atoms with van der Waals surface area (Å²) in [5.41, 5.74) is 1.64. The molecule has 1 fully saturated rings. The lowest BCUT2D eigenvalue weighted by Crippen LogP contribution is -2.35. The van der Waals surface area contributed by atoms with Gasteiger partial charge in [0.1, 0.15) is 11.5 Å². The molecule has 2 aromatic rings. The zero-order chi connectivity index (χ0) is 21.1. The summed E-state index contributed by atoms with van der Waals surface area (Å²) in [7, 11) is -1.89. The first-order chi connectivity index (χ1) is 14.5. The molecule has 160 valence electrons. The Morgan fingerprint density at radius 3 is 2.37 bits per heavy atom. The minimum Gasteiger partial charge on any atom is -0.497 e. The lowest BCUT2D eigenvalue weighted by molar-refractivity contribution is -0.120. The molecule has 0 N–H and O–H groups in total. The van der Waals surface area contributed by atoms with Crippen molar-refractivity contribution in [3.8, 4) is 11.5 Å². The van der Waals surface area contributed by atoms with E-state index in [4.69, 9.17) is 9.47 Å². The fraction of sp³-hybridized carbons (Fsp3) is 0.409. The molecule has 2 aliphatic heterocycles. The van der Waals surface area contributed by atoms with E-state index in [0.717, 1.165) is 36.3 Å². The second-order valence-electron chi connectivity index (χ2n) is 7.51. The fourth-order valence-electron chi connectivity index (χ4n) is 3.95. The van der Waals surface area contributed by atoms with Gasteiger partial charge in [0.15, 0.2) is 6.61 Å². The predicted molar refractivity (Wildman–Crippen MR) is 114 cm³/mol. The van der Waals surface area contributed by atoms with Gasteiger partial charge in [-0.1, -0.05) is 6.42 Å². The number of rotatable bonds is 6. The Morgan fingerprint density at radius 2 is 1.67 bits per heavy atom. The molecule has 0 radical (unpaired) electrons. The zero-order valence-electron chi connectivity index (χ0n) is 17.0. The van der Waals surface area contributed by atoms with Crippen molar-refractivity contribution in [2.45, 2.75) is 30.6 Å². The fourth-order valence-corrected chi connectivity index (χ4v) is 5.52. The van der Waals surface area contributed by atoms with Gasteiger partial charge < -0.3 is 14.4 Å². The normalized spacial score (nSPS) is 16.9. The Morgan fingerprint density at radius 1 is 0.967 bits per heavy atom. The van der Waals surface area contributed by atoms with Gasteiger partial charge in [-0.2, -0.15) is 4.31 Å². The minimum absolute atomic E-state index is 0.0837. The van der Waals surface area contributed by atoms with Gasteiger partial charge in [-0.05, 0) is 67.3 Å². The van der Waals surface area contributed by atoms with Crippen molar-refractivity contribution >= 4 is 21.6 Å². The number of ether oxygens (including phenoxy) is 2. The number of nitrogens with zero attached hydrogens (tertiary/aromatic N) is 2. The van der Waals surface area contributed by atoms with Crippen molar-refractivity contribution in [2.75, 3.05) is 38.3 Å². The van der Waals surface area contributed by atoms with Gasteiger partial charge in [0.25, 0.3) is 5.91 Å². The zero-order valence-corrected chi connectivity index (χ0v) is 17.9. The second kappa shape index (κ2) is 8.65. The molecule has 2 aromatic carbocycles. The quantitative estimate of drug-likeness (QED) is 0.704. The molecule has 8 heteroatoms. The highest BCUT2D eigenvalue weighted by Gasteiger charge is 2.30. The smallest absolute Gasteiger partial charge is 0.264 e. The molecule has 7 nitrogen and oxygen atoms in total. The van der Waals surface area contributed by atoms with Crippen LogP contribution in [0.25, 0.3) is 0 Å². The highest BCUT2D eigenvalue weighted by molar-refractivity contribution is 7.89. The van der Waals surface area contributed by atoms with E-state index in [0.29, 0.717) is 36.7 Å². The van der Waals surface area contributed by atoms with Crippen LogP contribution in [-0.4, -0.2) is 52.0 Å². The molecule has 0 aliphatic carbocycles. The molecule has 0 aromatic heterocycles. The van der Waals surface area contributed by atoms with Crippen LogP contribution >= 0.6 is 0 Å². The number of carbonyl (C=O) groups excluding carboxylic acids is 1. The Bertz CT molecular complexity index is 1010. The van der Waals surface area contributed by atoms with Crippen molar-refractivity contribution in [1.29, 1.82) is 0 Å². The first-order valence-electron chi connectivity index (χ1n) is 10.2. The molecule has 2 heterocycles. The van der Waals surface area contributed by atoms with Crippen LogP contribution in [0.3, 0.4) is 0 Å². The van der Waals surface area contributed by atoms with Crippen molar-refractivity contribution < 1.29 is 22.7 Å². The van der Waals surface area contributed by atoms with Crippen molar-refractivity contribution in [1.82, 2.24) is 4.31 Å². The van der Waals surface area contributed by atoms with Gasteiger partial charge in [-0.15, -0.1) is 0 Å². The van der Waals surface area contributed by atoms with Crippen LogP contribution in [0.2, 0.25) is 0 Å². The molecular weight excluding hydrogens is 404 g/mol. The summed E-state index contributed by atoms with van der Waals surface area (Å²) in [6.45, 7) is 1.59. The van der Waals surface area contributed by atoms with Crippen molar-refractivity contribution in [2.24, 2.45) is 0 Å². The van der Waals surface area contributed by atoms with E-state index in [9.17, 15) is 13.2 Å². The maximum atomic E-state index is 12.9. The SMILES string of the molecule is COc1ccc(OCC(=O)N2CCc3cc(S(=O)(=O)N4CCCCC4)ccc32)cc1. The standard InChI is InChI=1S/C22H26N2O5S/c1-28-18-5-7-19(8-6-18)29-16-22(25)24-14-11-17-15-20(9-10-21(17)24)30(26,27)23-12-3-2-4-13-23/h5-10,15H,2-4,11-14,16H2,1H3. The number of sulfonamides is 1. The Kier molecular flexibility index (Phi) is 5.97. The molecule has 0 bridgehead atoms. The van der Waals surface area contributed by atoms with E-state index in [1.807, 2.05) is 0 Å². The number of methoxy groups -OCH3 is 1. The number of hydrogen-bond donors (Lipinski definition) is 0. The van der Waals surface area contributed by atoms with Gasteiger partial charge in [0.2, 0.25) is 10.0 Å². The number of amides is 1. The number of hydrogen-bond acceptors (Lipinski definition) is 5. The van der Waals surface area contributed by atoms with Crippen molar-refractivity contribution in [3.63, 3.8) is 0 Å². The molecule has 0 spiro atoms. The third-order valence-electron chi connectivity index (χ3n) is 5.62. The topological polar surface area (TPSA) is 76.1 Å². The van der Waals surface area contributed by atoms with E-state index in [2.05, 4.69) is 0 Å². The van der Waals surface area contributed by atoms with E-state index in [1.54, 1.807) is 58.8 Å². The highest BCUT2D eigenvalue weighted by Crippen LogP contribution is 2.32. The summed E-state index contributed by atoms with van der Waals surface area (Å²) in [6.07, 6.45) is 3.51. The monoisotopic (exact) mass is 430 g/mol. The maximum absolute atomic E-state index is 12.9. The molecule has 0 atom stereocenters. The van der Waals surface area contributed by atoms with Crippen LogP contribution in [0.5, 0.6) is 11.5 Å². The number of carbonyl (C=O) groups is 1. The number of benzene rings is 2. The summed E-state index contributed by atoms with van der Waals surface area (Å²) in [5.74, 6) is 1.15. The lowest BCUT2D eigenvalue weighted by Gasteiger charge is -2.26. The van der Waals surface area contributed by atoms with E-state index in [-0.39, 0.29) is 12.5 Å². The van der Waals surface area contributed by atoms with Gasteiger partial charge in [-0.25, -0.2) is 8.42 Å². The van der Waals surface area contributed by atoms with E-state index >= 15 is 0 Å². The molecule has 0 saturated carbocycles. The highest BCUT2D eigenvalue weighted by atomic mass is 32.2. The first kappa shape index (κ1) is 20.7. The minimum atomic E-state index is -3.48. The summed E-state index contributed by atoms with van der Waals surface area (Å²) in [6, 6.07) is 12.1. The van der Waals surface area contributed by atoms with Crippen LogP contribution in [-0.2, 0) is 21.2 Å². The molecule has 30 heavy (non-hydrogen) atoms. The van der Waals surface area contributed by atoms with Gasteiger partial charge in [0, 0.05) is 25.3 Å². The average molecular weight is 431 g/mol. The molecule has 1 amide bonds. The average Bonchev–Trinajstić information content (AvgIpc) is 3.22. The number of fused-ring (bicyclic) bond motifs is 1. The van der Waals surface area contributed by atoms with E-state index < -0.39 is 10.0 Å². The number of piperidine rings is 1. The molecule has 2 aliphatic rings. The van der Waals surface area contributed by atoms with Crippen LogP contribution in [0.4, 0.5) is 5.69 Å². The first-order valence-corrected chi connectivity index (χ1v) is 11.6. The lowest BCUT2D eigenvalue weighted by atomic mass is 10.2. The summed E-state index contributed by atoms with van der Waals surface area (Å²) in [4.78, 5) is 14.7. The maximum Gasteiger partial charge on any atom is 0.264 e. The molecular formula is C22H26N2O5S. The van der Waals surface area contributed by atoms with E-state index in [1.165, 1.54) is 0 Å². The van der Waals surface area contributed by atoms with Gasteiger partial charge >= 0.3 is 0 Å². The van der Waals surface area contributed by atoms with Crippen LogP contribution < -0.4 is 14.4 Å². The Balaban J connectivity index is 1.44. The Labute approximate surface area is 177 Å². The summed E-state index contributed by atoms with van der Waals surface area (Å²) < 4.78 is 38.1.